The van der Waals surface area contributed by atoms with Crippen molar-refractivity contribution in [3.63, 3.8) is 0 Å². The quantitative estimate of drug-likeness (QED) is 0.688. The van der Waals surface area contributed by atoms with Gasteiger partial charge in [0.2, 0.25) is 0 Å². The lowest BCUT2D eigenvalue weighted by atomic mass is 10.2. The normalized spacial score (nSPS) is 12.5. The topological polar surface area (TPSA) is 55.7 Å². The summed E-state index contributed by atoms with van der Waals surface area (Å²) >= 11 is 1.48. The maximum atomic E-state index is 12.1. The molecular formula is C17H15N3OS2. The maximum Gasteiger partial charge on any atom is 0.188 e. The van der Waals surface area contributed by atoms with Crippen LogP contribution in [0.3, 0.4) is 0 Å². The van der Waals surface area contributed by atoms with Crippen molar-refractivity contribution in [2.24, 2.45) is 0 Å². The van der Waals surface area contributed by atoms with Gasteiger partial charge >= 0.3 is 0 Å². The summed E-state index contributed by atoms with van der Waals surface area (Å²) < 4.78 is 12.1. The monoisotopic (exact) mass is 341 g/mol. The fourth-order valence-electron chi connectivity index (χ4n) is 1.97. The second-order valence-electron chi connectivity index (χ2n) is 4.78. The molecule has 2 heterocycles. The average Bonchev–Trinajstić information content (AvgIpc) is 3.05. The molecule has 0 saturated heterocycles. The first-order valence-corrected chi connectivity index (χ1v) is 9.46. The highest BCUT2D eigenvalue weighted by atomic mass is 32.2. The summed E-state index contributed by atoms with van der Waals surface area (Å²) in [5.41, 5.74) is 1.94. The third kappa shape index (κ3) is 4.64. The van der Waals surface area contributed by atoms with E-state index in [0.29, 0.717) is 17.3 Å². The predicted molar refractivity (Wildman–Crippen MR) is 95.3 cm³/mol. The minimum Gasteiger partial charge on any atom is -0.259 e. The molecular weight excluding hydrogens is 326 g/mol. The van der Waals surface area contributed by atoms with Crippen LogP contribution in [-0.2, 0) is 16.6 Å². The highest BCUT2D eigenvalue weighted by Crippen LogP contribution is 2.20. The lowest BCUT2D eigenvalue weighted by Crippen LogP contribution is -1.99. The van der Waals surface area contributed by atoms with Gasteiger partial charge in [0, 0.05) is 34.3 Å². The van der Waals surface area contributed by atoms with Gasteiger partial charge < -0.3 is 0 Å². The van der Waals surface area contributed by atoms with Crippen molar-refractivity contribution in [3.8, 4) is 10.8 Å². The smallest absolute Gasteiger partial charge is 0.188 e. The van der Waals surface area contributed by atoms with Crippen LogP contribution in [0.2, 0.25) is 0 Å². The fraction of sp³-hybridized carbons (Fsp3) is 0.118. The first-order valence-electron chi connectivity index (χ1n) is 7.09. The van der Waals surface area contributed by atoms with E-state index in [0.717, 1.165) is 16.3 Å². The van der Waals surface area contributed by atoms with Gasteiger partial charge in [-0.3, -0.25) is 4.21 Å². The maximum absolute atomic E-state index is 12.1. The molecule has 3 rings (SSSR count). The Labute approximate surface area is 141 Å². The number of hydrogen-bond donors (Lipinski definition) is 0. The molecule has 0 aliphatic rings. The SMILES string of the molecule is O=[S@@](C/C=C/c1ccccc1)Cc1csc(-c2ncccn2)n1. The Morgan fingerprint density at radius 1 is 1.09 bits per heavy atom. The summed E-state index contributed by atoms with van der Waals surface area (Å²) in [4.78, 5) is 12.8. The zero-order chi connectivity index (χ0) is 15.9. The molecule has 4 nitrogen and oxygen atoms in total. The van der Waals surface area contributed by atoms with E-state index in [2.05, 4.69) is 15.0 Å². The van der Waals surface area contributed by atoms with Crippen LogP contribution in [0, 0.1) is 0 Å². The zero-order valence-electron chi connectivity index (χ0n) is 12.3. The highest BCUT2D eigenvalue weighted by molar-refractivity contribution is 7.84. The van der Waals surface area contributed by atoms with Crippen LogP contribution in [0.5, 0.6) is 0 Å². The van der Waals surface area contributed by atoms with Gasteiger partial charge in [-0.05, 0) is 11.6 Å². The average molecular weight is 341 g/mol. The fourth-order valence-corrected chi connectivity index (χ4v) is 3.74. The molecule has 0 spiro atoms. The molecule has 0 aliphatic carbocycles. The summed E-state index contributed by atoms with van der Waals surface area (Å²) in [6.45, 7) is 0. The molecule has 3 aromatic rings. The molecule has 116 valence electrons. The minimum atomic E-state index is -0.971. The molecule has 1 atom stereocenters. The number of benzene rings is 1. The molecule has 0 radical (unpaired) electrons. The standard InChI is InChI=1S/C17H15N3OS2/c21-23(11-4-8-14-6-2-1-3-7-14)13-15-12-22-17(20-15)16-18-9-5-10-19-16/h1-10,12H,11,13H2/b8-4+/t23-/m0/s1. The number of thiazole rings is 1. The summed E-state index contributed by atoms with van der Waals surface area (Å²) in [6, 6.07) is 11.8. The van der Waals surface area contributed by atoms with Crippen molar-refractivity contribution < 1.29 is 4.21 Å². The van der Waals surface area contributed by atoms with Crippen molar-refractivity contribution in [2.45, 2.75) is 5.75 Å². The summed E-state index contributed by atoms with van der Waals surface area (Å²) in [5, 5.41) is 2.68. The van der Waals surface area contributed by atoms with E-state index in [4.69, 9.17) is 0 Å². The van der Waals surface area contributed by atoms with Gasteiger partial charge in [-0.2, -0.15) is 0 Å². The van der Waals surface area contributed by atoms with E-state index in [1.165, 1.54) is 11.3 Å². The lowest BCUT2D eigenvalue weighted by Gasteiger charge is -1.96. The van der Waals surface area contributed by atoms with E-state index >= 15 is 0 Å². The van der Waals surface area contributed by atoms with Crippen molar-refractivity contribution in [1.82, 2.24) is 15.0 Å². The number of hydrogen-bond acceptors (Lipinski definition) is 5. The Bertz CT molecular complexity index is 801. The zero-order valence-corrected chi connectivity index (χ0v) is 14.0. The van der Waals surface area contributed by atoms with E-state index in [1.54, 1.807) is 18.5 Å². The summed E-state index contributed by atoms with van der Waals surface area (Å²) in [5.74, 6) is 1.57. The van der Waals surface area contributed by atoms with Crippen molar-refractivity contribution in [2.75, 3.05) is 5.75 Å². The molecule has 0 N–H and O–H groups in total. The van der Waals surface area contributed by atoms with Gasteiger partial charge in [-0.15, -0.1) is 11.3 Å². The number of aromatic nitrogens is 3. The second kappa shape index (κ2) is 7.89. The number of nitrogens with zero attached hydrogens (tertiary/aromatic N) is 3. The molecule has 0 aliphatic heterocycles. The Morgan fingerprint density at radius 2 is 1.87 bits per heavy atom. The third-order valence-corrected chi connectivity index (χ3v) is 5.08. The highest BCUT2D eigenvalue weighted by Gasteiger charge is 2.08. The van der Waals surface area contributed by atoms with Crippen LogP contribution < -0.4 is 0 Å². The molecule has 0 bridgehead atoms. The molecule has 0 saturated carbocycles. The van der Waals surface area contributed by atoms with Crippen LogP contribution in [-0.4, -0.2) is 24.9 Å². The van der Waals surface area contributed by atoms with Gasteiger partial charge in [-0.1, -0.05) is 42.5 Å². The number of rotatable bonds is 6. The molecule has 1 aromatic carbocycles. The molecule has 0 fully saturated rings. The van der Waals surface area contributed by atoms with Gasteiger partial charge in [0.15, 0.2) is 10.8 Å². The molecule has 2 aromatic heterocycles. The Kier molecular flexibility index (Phi) is 5.39. The van der Waals surface area contributed by atoms with Gasteiger partial charge in [0.05, 0.1) is 11.4 Å². The van der Waals surface area contributed by atoms with Crippen LogP contribution in [0.4, 0.5) is 0 Å². The van der Waals surface area contributed by atoms with E-state index in [-0.39, 0.29) is 0 Å². The van der Waals surface area contributed by atoms with Crippen LogP contribution in [0.25, 0.3) is 16.9 Å². The Balaban J connectivity index is 1.56. The summed E-state index contributed by atoms with van der Waals surface area (Å²) in [6.07, 6.45) is 7.31. The van der Waals surface area contributed by atoms with Gasteiger partial charge in [0.1, 0.15) is 0 Å². The van der Waals surface area contributed by atoms with E-state index < -0.39 is 10.8 Å². The Hall–Kier alpha value is -2.18. The van der Waals surface area contributed by atoms with Crippen LogP contribution in [0.15, 0.2) is 60.2 Å². The molecule has 0 unspecified atom stereocenters. The molecule has 23 heavy (non-hydrogen) atoms. The minimum absolute atomic E-state index is 0.447. The largest absolute Gasteiger partial charge is 0.259 e. The van der Waals surface area contributed by atoms with E-state index in [9.17, 15) is 4.21 Å². The van der Waals surface area contributed by atoms with Gasteiger partial charge in [0.25, 0.3) is 0 Å². The van der Waals surface area contributed by atoms with Crippen LogP contribution >= 0.6 is 11.3 Å². The first-order chi connectivity index (χ1) is 11.3. The predicted octanol–water partition coefficient (Wildman–Crippen LogP) is 3.56. The van der Waals surface area contributed by atoms with Crippen molar-refractivity contribution >= 4 is 28.2 Å². The van der Waals surface area contributed by atoms with E-state index in [1.807, 2.05) is 47.9 Å². The summed E-state index contributed by atoms with van der Waals surface area (Å²) in [7, 11) is -0.971. The lowest BCUT2D eigenvalue weighted by molar-refractivity contribution is 0.684. The first kappa shape index (κ1) is 15.7. The second-order valence-corrected chi connectivity index (χ2v) is 7.14. The van der Waals surface area contributed by atoms with Gasteiger partial charge in [-0.25, -0.2) is 15.0 Å². The molecule has 0 amide bonds. The molecule has 6 heteroatoms. The van der Waals surface area contributed by atoms with Crippen LogP contribution in [0.1, 0.15) is 11.3 Å². The Morgan fingerprint density at radius 3 is 2.65 bits per heavy atom. The van der Waals surface area contributed by atoms with Crippen molar-refractivity contribution in [3.05, 3.63) is 71.5 Å². The van der Waals surface area contributed by atoms with Crippen molar-refractivity contribution in [1.29, 1.82) is 0 Å². The third-order valence-electron chi connectivity index (χ3n) is 3.01.